The maximum atomic E-state index is 13.3. The Hall–Kier alpha value is -4.75. The molecule has 13 nitrogen and oxygen atoms in total. The van der Waals surface area contributed by atoms with Gasteiger partial charge < -0.3 is 42.0 Å². The number of amides is 3. The monoisotopic (exact) mass is 552 g/mol. The van der Waals surface area contributed by atoms with Crippen LogP contribution in [0.15, 0.2) is 67.1 Å². The number of rotatable bonds is 14. The number of aliphatic hydroxyl groups is 1. The second-order valence-corrected chi connectivity index (χ2v) is 9.15. The van der Waals surface area contributed by atoms with Crippen LogP contribution in [0.25, 0.3) is 0 Å². The molecule has 2 aromatic carbocycles. The predicted octanol–water partition coefficient (Wildman–Crippen LogP) is -0.998. The molecule has 0 fully saturated rings. The molecular formula is C27H32N6O7. The van der Waals surface area contributed by atoms with Crippen molar-refractivity contribution < 1.29 is 34.5 Å². The topological polar surface area (TPSA) is 220 Å². The van der Waals surface area contributed by atoms with Gasteiger partial charge in [-0.25, -0.2) is 9.78 Å². The number of aliphatic hydroxyl groups excluding tert-OH is 1. The highest BCUT2D eigenvalue weighted by Crippen LogP contribution is 2.12. The van der Waals surface area contributed by atoms with E-state index in [0.717, 1.165) is 0 Å². The van der Waals surface area contributed by atoms with Crippen LogP contribution in [0.5, 0.6) is 5.75 Å². The molecule has 0 aliphatic rings. The van der Waals surface area contributed by atoms with Crippen LogP contribution in [-0.4, -0.2) is 79.8 Å². The Balaban J connectivity index is 1.71. The fourth-order valence-corrected chi connectivity index (χ4v) is 3.87. The summed E-state index contributed by atoms with van der Waals surface area (Å²) in [5.74, 6) is -3.61. The summed E-state index contributed by atoms with van der Waals surface area (Å²) in [6.07, 6.45) is 2.98. The number of H-pyrrole nitrogens is 1. The molecule has 3 rings (SSSR count). The highest BCUT2D eigenvalue weighted by Gasteiger charge is 2.30. The molecule has 0 aliphatic carbocycles. The maximum absolute atomic E-state index is 13.3. The Bertz CT molecular complexity index is 1270. The lowest BCUT2D eigenvalue weighted by Gasteiger charge is -2.24. The van der Waals surface area contributed by atoms with Gasteiger partial charge in [0, 0.05) is 31.2 Å². The van der Waals surface area contributed by atoms with E-state index in [-0.39, 0.29) is 25.0 Å². The van der Waals surface area contributed by atoms with Crippen molar-refractivity contribution in [1.29, 1.82) is 0 Å². The molecule has 0 aliphatic heterocycles. The number of carbonyl (C=O) groups excluding carboxylic acids is 3. The van der Waals surface area contributed by atoms with Crippen LogP contribution in [-0.2, 0) is 38.4 Å². The Morgan fingerprint density at radius 2 is 1.38 bits per heavy atom. The fourth-order valence-electron chi connectivity index (χ4n) is 3.87. The number of nitrogens with one attached hydrogen (secondary N) is 4. The molecule has 0 bridgehead atoms. The van der Waals surface area contributed by atoms with Crippen LogP contribution in [0.3, 0.4) is 0 Å². The lowest BCUT2D eigenvalue weighted by atomic mass is 10.0. The average molecular weight is 553 g/mol. The Morgan fingerprint density at radius 3 is 1.98 bits per heavy atom. The number of hydrogen-bond acceptors (Lipinski definition) is 8. The summed E-state index contributed by atoms with van der Waals surface area (Å²) in [6, 6.07) is 9.58. The number of imidazole rings is 1. The van der Waals surface area contributed by atoms with Gasteiger partial charge >= 0.3 is 5.97 Å². The number of carbonyl (C=O) groups is 4. The number of nitrogens with zero attached hydrogens (tertiary/aromatic N) is 1. The fraction of sp³-hybridized carbons (Fsp3) is 0.296. The summed E-state index contributed by atoms with van der Waals surface area (Å²) in [7, 11) is 0. The molecule has 0 saturated carbocycles. The van der Waals surface area contributed by atoms with E-state index < -0.39 is 54.5 Å². The summed E-state index contributed by atoms with van der Waals surface area (Å²) in [5, 5.41) is 36.3. The molecular weight excluding hydrogens is 520 g/mol. The molecule has 212 valence electrons. The average Bonchev–Trinajstić information content (AvgIpc) is 3.45. The molecule has 9 N–H and O–H groups in total. The maximum Gasteiger partial charge on any atom is 0.326 e. The normalized spacial score (nSPS) is 13.8. The molecule has 3 aromatic rings. The number of aromatic amines is 1. The van der Waals surface area contributed by atoms with Gasteiger partial charge in [-0.05, 0) is 23.3 Å². The van der Waals surface area contributed by atoms with Crippen LogP contribution < -0.4 is 21.7 Å². The first-order valence-electron chi connectivity index (χ1n) is 12.5. The van der Waals surface area contributed by atoms with Crippen molar-refractivity contribution in [2.45, 2.75) is 43.4 Å². The molecule has 3 amide bonds. The van der Waals surface area contributed by atoms with Crippen LogP contribution in [0.2, 0.25) is 0 Å². The van der Waals surface area contributed by atoms with Crippen molar-refractivity contribution >= 4 is 23.7 Å². The molecule has 0 spiro atoms. The third-order valence-electron chi connectivity index (χ3n) is 6.05. The number of carboxylic acids is 1. The number of benzene rings is 2. The molecule has 0 radical (unpaired) electrons. The molecule has 4 unspecified atom stereocenters. The highest BCUT2D eigenvalue weighted by molar-refractivity contribution is 5.94. The zero-order valence-electron chi connectivity index (χ0n) is 21.5. The number of nitrogens with two attached hydrogens (primary N) is 1. The number of phenols is 1. The predicted molar refractivity (Wildman–Crippen MR) is 143 cm³/mol. The number of aliphatic carboxylic acids is 1. The quantitative estimate of drug-likeness (QED) is 0.123. The SMILES string of the molecule is NC(Cc1cnc[nH]1)C(=O)NC(CO)C(=O)NC(Cc1ccccc1)C(=O)NC(Cc1ccc(O)cc1)C(=O)O. The minimum Gasteiger partial charge on any atom is -0.508 e. The summed E-state index contributed by atoms with van der Waals surface area (Å²) in [4.78, 5) is 57.4. The Kier molecular flexibility index (Phi) is 10.7. The first-order valence-corrected chi connectivity index (χ1v) is 12.5. The van der Waals surface area contributed by atoms with Gasteiger partial charge in [-0.2, -0.15) is 0 Å². The third kappa shape index (κ3) is 8.92. The van der Waals surface area contributed by atoms with Crippen LogP contribution >= 0.6 is 0 Å². The second kappa shape index (κ2) is 14.4. The van der Waals surface area contributed by atoms with E-state index in [1.807, 2.05) is 0 Å². The lowest BCUT2D eigenvalue weighted by Crippen LogP contribution is -2.58. The Morgan fingerprint density at radius 1 is 0.800 bits per heavy atom. The summed E-state index contributed by atoms with van der Waals surface area (Å²) in [6.45, 7) is -0.771. The van der Waals surface area contributed by atoms with E-state index in [0.29, 0.717) is 16.8 Å². The number of aromatic hydroxyl groups is 1. The van der Waals surface area contributed by atoms with Crippen molar-refractivity contribution in [1.82, 2.24) is 25.9 Å². The van der Waals surface area contributed by atoms with Crippen molar-refractivity contribution in [3.63, 3.8) is 0 Å². The van der Waals surface area contributed by atoms with Gasteiger partial charge in [-0.1, -0.05) is 42.5 Å². The molecule has 40 heavy (non-hydrogen) atoms. The van der Waals surface area contributed by atoms with Gasteiger partial charge in [0.1, 0.15) is 23.9 Å². The third-order valence-corrected chi connectivity index (χ3v) is 6.05. The van der Waals surface area contributed by atoms with E-state index in [1.54, 1.807) is 30.3 Å². The first-order chi connectivity index (χ1) is 19.2. The number of carboxylic acid groups (broad SMARTS) is 1. The molecule has 1 heterocycles. The molecule has 1 aromatic heterocycles. The number of hydrogen-bond donors (Lipinski definition) is 8. The summed E-state index contributed by atoms with van der Waals surface area (Å²) < 4.78 is 0. The van der Waals surface area contributed by atoms with Crippen molar-refractivity contribution in [2.75, 3.05) is 6.61 Å². The second-order valence-electron chi connectivity index (χ2n) is 9.15. The summed E-state index contributed by atoms with van der Waals surface area (Å²) in [5.41, 5.74) is 7.75. The minimum atomic E-state index is -1.42. The highest BCUT2D eigenvalue weighted by atomic mass is 16.4. The van der Waals surface area contributed by atoms with Gasteiger partial charge in [-0.15, -0.1) is 0 Å². The minimum absolute atomic E-state index is 0.00932. The molecule has 0 saturated heterocycles. The van der Waals surface area contributed by atoms with E-state index >= 15 is 0 Å². The summed E-state index contributed by atoms with van der Waals surface area (Å²) >= 11 is 0. The van der Waals surface area contributed by atoms with Gasteiger partial charge in [0.05, 0.1) is 19.0 Å². The zero-order chi connectivity index (χ0) is 29.1. The van der Waals surface area contributed by atoms with E-state index in [9.17, 15) is 34.5 Å². The largest absolute Gasteiger partial charge is 0.508 e. The Labute approximate surface area is 229 Å². The van der Waals surface area contributed by atoms with Crippen LogP contribution in [0.4, 0.5) is 0 Å². The number of aromatic nitrogens is 2. The smallest absolute Gasteiger partial charge is 0.326 e. The van der Waals surface area contributed by atoms with E-state index in [4.69, 9.17) is 5.73 Å². The first kappa shape index (κ1) is 29.8. The van der Waals surface area contributed by atoms with Crippen molar-refractivity contribution in [3.05, 3.63) is 83.9 Å². The zero-order valence-corrected chi connectivity index (χ0v) is 21.5. The van der Waals surface area contributed by atoms with E-state index in [1.165, 1.54) is 36.8 Å². The molecule has 13 heteroatoms. The van der Waals surface area contributed by atoms with Crippen LogP contribution in [0, 0.1) is 0 Å². The van der Waals surface area contributed by atoms with Gasteiger partial charge in [0.25, 0.3) is 0 Å². The van der Waals surface area contributed by atoms with Gasteiger partial charge in [-0.3, -0.25) is 14.4 Å². The number of phenolic OH excluding ortho intramolecular Hbond substituents is 1. The van der Waals surface area contributed by atoms with Crippen molar-refractivity contribution in [2.24, 2.45) is 5.73 Å². The van der Waals surface area contributed by atoms with Crippen LogP contribution in [0.1, 0.15) is 16.8 Å². The van der Waals surface area contributed by atoms with Gasteiger partial charge in [0.15, 0.2) is 0 Å². The van der Waals surface area contributed by atoms with E-state index in [2.05, 4.69) is 25.9 Å². The molecule has 4 atom stereocenters. The lowest BCUT2D eigenvalue weighted by molar-refractivity contribution is -0.142. The van der Waals surface area contributed by atoms with Gasteiger partial charge in [0.2, 0.25) is 17.7 Å². The standard InChI is InChI=1S/C27H32N6O7/c28-20(12-18-13-29-15-30-18)24(36)33-23(14-34)26(38)31-21(10-16-4-2-1-3-5-16)25(37)32-22(27(39)40)11-17-6-8-19(35)9-7-17/h1-9,13,15,20-23,34-35H,10-12,14,28H2,(H,29,30)(H,31,38)(H,32,37)(H,33,36)(H,39,40). The van der Waals surface area contributed by atoms with Crippen molar-refractivity contribution in [3.8, 4) is 5.75 Å².